The van der Waals surface area contributed by atoms with Gasteiger partial charge in [0.1, 0.15) is 0 Å². The van der Waals surface area contributed by atoms with E-state index in [-0.39, 0.29) is 0 Å². The Balaban J connectivity index is 2.25. The SMILES string of the molecule is CCCCCCC1NCCP(C)C1CC. The van der Waals surface area contributed by atoms with Crippen molar-refractivity contribution in [2.45, 2.75) is 64.1 Å². The van der Waals surface area contributed by atoms with Crippen LogP contribution in [0.2, 0.25) is 0 Å². The molecule has 15 heavy (non-hydrogen) atoms. The van der Waals surface area contributed by atoms with Gasteiger partial charge < -0.3 is 5.32 Å². The van der Waals surface area contributed by atoms with E-state index in [0.717, 1.165) is 11.7 Å². The lowest BCUT2D eigenvalue weighted by Gasteiger charge is -2.37. The number of hydrogen-bond acceptors (Lipinski definition) is 1. The standard InChI is InChI=1S/C13H28NP/c1-4-6-7-8-9-12-13(5-2)15(3)11-10-14-12/h12-14H,4-11H2,1-3H3. The molecule has 1 saturated heterocycles. The Morgan fingerprint density at radius 3 is 2.67 bits per heavy atom. The van der Waals surface area contributed by atoms with Crippen molar-refractivity contribution in [2.75, 3.05) is 19.4 Å². The van der Waals surface area contributed by atoms with Gasteiger partial charge in [0.15, 0.2) is 0 Å². The van der Waals surface area contributed by atoms with Crippen LogP contribution in [0.3, 0.4) is 0 Å². The van der Waals surface area contributed by atoms with E-state index in [2.05, 4.69) is 25.8 Å². The Hall–Kier alpha value is 0.390. The molecule has 1 nitrogen and oxygen atoms in total. The first-order valence-electron chi connectivity index (χ1n) is 6.73. The number of rotatable bonds is 6. The molecule has 1 heterocycles. The number of hydrogen-bond donors (Lipinski definition) is 1. The van der Waals surface area contributed by atoms with Crippen LogP contribution in [0.4, 0.5) is 0 Å². The van der Waals surface area contributed by atoms with Crippen LogP contribution < -0.4 is 5.32 Å². The van der Waals surface area contributed by atoms with Gasteiger partial charge in [0.25, 0.3) is 0 Å². The second kappa shape index (κ2) is 7.63. The third-order valence-corrected chi connectivity index (χ3v) is 6.47. The summed E-state index contributed by atoms with van der Waals surface area (Å²) >= 11 is 0. The molecule has 1 fully saturated rings. The maximum atomic E-state index is 3.74. The Kier molecular flexibility index (Phi) is 6.84. The number of nitrogens with one attached hydrogen (secondary N) is 1. The minimum absolute atomic E-state index is 0.319. The lowest BCUT2D eigenvalue weighted by molar-refractivity contribution is 0.432. The molecule has 1 rings (SSSR count). The zero-order valence-electron chi connectivity index (χ0n) is 10.8. The molecule has 0 aromatic carbocycles. The maximum Gasteiger partial charge on any atom is 0.0135 e. The highest BCUT2D eigenvalue weighted by Crippen LogP contribution is 2.43. The first-order chi connectivity index (χ1) is 7.29. The van der Waals surface area contributed by atoms with Crippen LogP contribution in [0.15, 0.2) is 0 Å². The first kappa shape index (κ1) is 13.5. The minimum Gasteiger partial charge on any atom is -0.313 e. The fraction of sp³-hybridized carbons (Fsp3) is 1.00. The molecule has 0 amide bonds. The van der Waals surface area contributed by atoms with Crippen molar-refractivity contribution >= 4 is 7.92 Å². The van der Waals surface area contributed by atoms with Crippen molar-refractivity contribution in [3.05, 3.63) is 0 Å². The summed E-state index contributed by atoms with van der Waals surface area (Å²) in [4.78, 5) is 0. The lowest BCUT2D eigenvalue weighted by Crippen LogP contribution is -2.44. The minimum atomic E-state index is 0.319. The van der Waals surface area contributed by atoms with Gasteiger partial charge in [-0.05, 0) is 37.9 Å². The molecule has 3 unspecified atom stereocenters. The van der Waals surface area contributed by atoms with Crippen molar-refractivity contribution in [2.24, 2.45) is 0 Å². The third kappa shape index (κ3) is 4.41. The van der Waals surface area contributed by atoms with Gasteiger partial charge in [0.05, 0.1) is 0 Å². The molecule has 1 aliphatic heterocycles. The molecular weight excluding hydrogens is 201 g/mol. The smallest absolute Gasteiger partial charge is 0.0135 e. The van der Waals surface area contributed by atoms with Gasteiger partial charge in [-0.25, -0.2) is 0 Å². The summed E-state index contributed by atoms with van der Waals surface area (Å²) in [6.07, 6.45) is 9.90. The first-order valence-corrected chi connectivity index (χ1v) is 8.77. The van der Waals surface area contributed by atoms with Crippen molar-refractivity contribution in [3.63, 3.8) is 0 Å². The molecule has 1 aliphatic rings. The average Bonchev–Trinajstić information content (AvgIpc) is 2.24. The predicted octanol–water partition coefficient (Wildman–Crippen LogP) is 3.82. The van der Waals surface area contributed by atoms with Crippen LogP contribution >= 0.6 is 7.92 Å². The van der Waals surface area contributed by atoms with E-state index in [1.807, 2.05) is 0 Å². The molecule has 0 bridgehead atoms. The molecule has 0 aromatic rings. The van der Waals surface area contributed by atoms with Crippen LogP contribution in [0.1, 0.15) is 52.4 Å². The van der Waals surface area contributed by atoms with Crippen molar-refractivity contribution < 1.29 is 0 Å². The highest BCUT2D eigenvalue weighted by atomic mass is 31.1. The van der Waals surface area contributed by atoms with Gasteiger partial charge in [-0.2, -0.15) is 0 Å². The van der Waals surface area contributed by atoms with Gasteiger partial charge in [-0.1, -0.05) is 39.5 Å². The van der Waals surface area contributed by atoms with E-state index >= 15 is 0 Å². The summed E-state index contributed by atoms with van der Waals surface area (Å²) in [7, 11) is 0.319. The zero-order chi connectivity index (χ0) is 11.1. The van der Waals surface area contributed by atoms with E-state index in [9.17, 15) is 0 Å². The normalized spacial score (nSPS) is 31.8. The quantitative estimate of drug-likeness (QED) is 0.539. The second-order valence-corrected chi connectivity index (χ2v) is 7.49. The second-order valence-electron chi connectivity index (χ2n) is 4.87. The van der Waals surface area contributed by atoms with Crippen LogP contribution in [-0.4, -0.2) is 31.1 Å². The lowest BCUT2D eigenvalue weighted by atomic mass is 10.0. The van der Waals surface area contributed by atoms with E-state index in [1.54, 1.807) is 0 Å². The van der Waals surface area contributed by atoms with Crippen LogP contribution in [0.25, 0.3) is 0 Å². The van der Waals surface area contributed by atoms with Gasteiger partial charge in [-0.15, -0.1) is 7.92 Å². The van der Waals surface area contributed by atoms with Crippen LogP contribution in [0.5, 0.6) is 0 Å². The molecular formula is C13H28NP. The Morgan fingerprint density at radius 1 is 1.20 bits per heavy atom. The highest BCUT2D eigenvalue weighted by molar-refractivity contribution is 7.57. The van der Waals surface area contributed by atoms with Crippen molar-refractivity contribution in [3.8, 4) is 0 Å². The summed E-state index contributed by atoms with van der Waals surface area (Å²) in [5, 5.41) is 3.74. The molecule has 90 valence electrons. The van der Waals surface area contributed by atoms with Crippen molar-refractivity contribution in [1.82, 2.24) is 5.32 Å². The largest absolute Gasteiger partial charge is 0.313 e. The molecule has 1 N–H and O–H groups in total. The topological polar surface area (TPSA) is 12.0 Å². The van der Waals surface area contributed by atoms with E-state index in [1.165, 1.54) is 51.2 Å². The predicted molar refractivity (Wildman–Crippen MR) is 72.3 cm³/mol. The monoisotopic (exact) mass is 229 g/mol. The Morgan fingerprint density at radius 2 is 2.00 bits per heavy atom. The molecule has 0 saturated carbocycles. The zero-order valence-corrected chi connectivity index (χ0v) is 11.7. The Bertz CT molecular complexity index is 161. The van der Waals surface area contributed by atoms with Crippen LogP contribution in [-0.2, 0) is 0 Å². The molecule has 2 heteroatoms. The fourth-order valence-electron chi connectivity index (χ4n) is 2.72. The Labute approximate surface area is 97.2 Å². The fourth-order valence-corrected chi connectivity index (χ4v) is 5.02. The molecule has 0 spiro atoms. The van der Waals surface area contributed by atoms with Crippen molar-refractivity contribution in [1.29, 1.82) is 0 Å². The van der Waals surface area contributed by atoms with E-state index < -0.39 is 0 Å². The highest BCUT2D eigenvalue weighted by Gasteiger charge is 2.27. The molecule has 0 aromatic heterocycles. The molecule has 0 radical (unpaired) electrons. The van der Waals surface area contributed by atoms with Gasteiger partial charge in [-0.3, -0.25) is 0 Å². The number of unbranched alkanes of at least 4 members (excludes halogenated alkanes) is 3. The van der Waals surface area contributed by atoms with Gasteiger partial charge in [0.2, 0.25) is 0 Å². The summed E-state index contributed by atoms with van der Waals surface area (Å²) < 4.78 is 0. The summed E-state index contributed by atoms with van der Waals surface area (Å²) in [5.41, 5.74) is 0.996. The van der Waals surface area contributed by atoms with Crippen LogP contribution in [0, 0.1) is 0 Å². The van der Waals surface area contributed by atoms with Gasteiger partial charge in [0, 0.05) is 6.04 Å². The summed E-state index contributed by atoms with van der Waals surface area (Å²) in [6, 6.07) is 0.844. The summed E-state index contributed by atoms with van der Waals surface area (Å²) in [6.45, 7) is 8.44. The maximum absolute atomic E-state index is 3.74. The molecule has 3 atom stereocenters. The van der Waals surface area contributed by atoms with E-state index in [0.29, 0.717) is 7.92 Å². The third-order valence-electron chi connectivity index (χ3n) is 3.69. The average molecular weight is 229 g/mol. The molecule has 0 aliphatic carbocycles. The summed E-state index contributed by atoms with van der Waals surface area (Å²) in [5.74, 6) is 0. The van der Waals surface area contributed by atoms with Gasteiger partial charge >= 0.3 is 0 Å². The van der Waals surface area contributed by atoms with E-state index in [4.69, 9.17) is 0 Å².